The lowest BCUT2D eigenvalue weighted by Crippen LogP contribution is -2.43. The van der Waals surface area contributed by atoms with Crippen LogP contribution < -0.4 is 10.6 Å². The Morgan fingerprint density at radius 2 is 1.81 bits per heavy atom. The molecule has 4 nitrogen and oxygen atoms in total. The molecule has 0 aliphatic carbocycles. The van der Waals surface area contributed by atoms with Crippen LogP contribution in [0.15, 0.2) is 35.3 Å². The highest BCUT2D eigenvalue weighted by molar-refractivity contribution is 5.79. The number of nitrogens with zero attached hydrogens (tertiary/aromatic N) is 2. The fourth-order valence-corrected chi connectivity index (χ4v) is 1.98. The van der Waals surface area contributed by atoms with E-state index in [4.69, 9.17) is 0 Å². The molecule has 0 saturated carbocycles. The van der Waals surface area contributed by atoms with Gasteiger partial charge in [-0.2, -0.15) is 0 Å². The first-order valence-corrected chi connectivity index (χ1v) is 7.74. The number of hydrogen-bond donors (Lipinski definition) is 2. The summed E-state index contributed by atoms with van der Waals surface area (Å²) in [4.78, 5) is 6.58. The lowest BCUT2D eigenvalue weighted by atomic mass is 10.0. The number of hydrogen-bond acceptors (Lipinski definition) is 2. The summed E-state index contributed by atoms with van der Waals surface area (Å²) in [5, 5.41) is 6.75. The standard InChI is InChI=1S/C17H30N4/c1-14(2)21(5)12-11-19-17(18-4)20-13-15(3)16-9-7-6-8-10-16/h6-10,14-15H,11-13H2,1-5H3,(H2,18,19,20). The van der Waals surface area contributed by atoms with E-state index in [1.54, 1.807) is 0 Å². The van der Waals surface area contributed by atoms with Crippen LogP contribution in [-0.2, 0) is 0 Å². The first-order valence-electron chi connectivity index (χ1n) is 7.74. The Balaban J connectivity index is 2.32. The molecular formula is C17H30N4. The molecule has 1 aromatic carbocycles. The molecule has 0 saturated heterocycles. The van der Waals surface area contributed by atoms with Gasteiger partial charge in [0.2, 0.25) is 0 Å². The lowest BCUT2D eigenvalue weighted by Gasteiger charge is -2.22. The van der Waals surface area contributed by atoms with Gasteiger partial charge < -0.3 is 15.5 Å². The molecule has 0 amide bonds. The van der Waals surface area contributed by atoms with Crippen LogP contribution in [0.5, 0.6) is 0 Å². The summed E-state index contributed by atoms with van der Waals surface area (Å²) >= 11 is 0. The van der Waals surface area contributed by atoms with Gasteiger partial charge in [0.25, 0.3) is 0 Å². The lowest BCUT2D eigenvalue weighted by molar-refractivity contribution is 0.278. The molecule has 1 atom stereocenters. The average Bonchev–Trinajstić information content (AvgIpc) is 2.50. The number of aliphatic imine (C=N–C) groups is 1. The zero-order chi connectivity index (χ0) is 15.7. The summed E-state index contributed by atoms with van der Waals surface area (Å²) in [6.07, 6.45) is 0. The molecule has 0 fully saturated rings. The summed E-state index contributed by atoms with van der Waals surface area (Å²) < 4.78 is 0. The van der Waals surface area contributed by atoms with Crippen LogP contribution in [0.4, 0.5) is 0 Å². The third-order valence-corrected chi connectivity index (χ3v) is 3.81. The second-order valence-corrected chi connectivity index (χ2v) is 5.77. The molecule has 0 aliphatic rings. The Morgan fingerprint density at radius 3 is 2.38 bits per heavy atom. The van der Waals surface area contributed by atoms with Crippen LogP contribution in [0.3, 0.4) is 0 Å². The molecule has 2 N–H and O–H groups in total. The van der Waals surface area contributed by atoms with Gasteiger partial charge in [-0.3, -0.25) is 4.99 Å². The highest BCUT2D eigenvalue weighted by Gasteiger charge is 2.07. The van der Waals surface area contributed by atoms with Crippen LogP contribution in [0.1, 0.15) is 32.3 Å². The Hall–Kier alpha value is -1.55. The van der Waals surface area contributed by atoms with Crippen LogP contribution in [0, 0.1) is 0 Å². The van der Waals surface area contributed by atoms with E-state index in [-0.39, 0.29) is 0 Å². The fraction of sp³-hybridized carbons (Fsp3) is 0.588. The van der Waals surface area contributed by atoms with Gasteiger partial charge in [0.1, 0.15) is 0 Å². The van der Waals surface area contributed by atoms with E-state index in [0.717, 1.165) is 25.6 Å². The van der Waals surface area contributed by atoms with Crippen LogP contribution >= 0.6 is 0 Å². The van der Waals surface area contributed by atoms with Crippen molar-refractivity contribution in [3.63, 3.8) is 0 Å². The minimum absolute atomic E-state index is 0.461. The first-order chi connectivity index (χ1) is 10.0. The predicted octanol–water partition coefficient (Wildman–Crippen LogP) is 2.30. The van der Waals surface area contributed by atoms with E-state index >= 15 is 0 Å². The maximum absolute atomic E-state index is 4.27. The topological polar surface area (TPSA) is 39.7 Å². The molecule has 1 aromatic rings. The second-order valence-electron chi connectivity index (χ2n) is 5.77. The molecule has 4 heteroatoms. The number of benzene rings is 1. The SMILES string of the molecule is CN=C(NCCN(C)C(C)C)NCC(C)c1ccccc1. The van der Waals surface area contributed by atoms with E-state index in [2.05, 4.69) is 78.7 Å². The summed E-state index contributed by atoms with van der Waals surface area (Å²) in [6.45, 7) is 9.41. The Bertz CT molecular complexity index is 414. The molecule has 0 bridgehead atoms. The van der Waals surface area contributed by atoms with Crippen LogP contribution in [-0.4, -0.2) is 50.6 Å². The monoisotopic (exact) mass is 290 g/mol. The summed E-state index contributed by atoms with van der Waals surface area (Å²) in [5.74, 6) is 1.33. The minimum Gasteiger partial charge on any atom is -0.356 e. The smallest absolute Gasteiger partial charge is 0.191 e. The quantitative estimate of drug-likeness (QED) is 0.598. The van der Waals surface area contributed by atoms with Gasteiger partial charge in [0.05, 0.1) is 0 Å². The molecule has 21 heavy (non-hydrogen) atoms. The van der Waals surface area contributed by atoms with Crippen molar-refractivity contribution in [2.75, 3.05) is 33.7 Å². The molecule has 0 heterocycles. The zero-order valence-corrected chi connectivity index (χ0v) is 14.1. The molecule has 118 valence electrons. The van der Waals surface area contributed by atoms with Gasteiger partial charge >= 0.3 is 0 Å². The maximum Gasteiger partial charge on any atom is 0.191 e. The highest BCUT2D eigenvalue weighted by Crippen LogP contribution is 2.12. The van der Waals surface area contributed by atoms with Crippen LogP contribution in [0.25, 0.3) is 0 Å². The number of nitrogens with one attached hydrogen (secondary N) is 2. The molecule has 0 radical (unpaired) electrons. The van der Waals surface area contributed by atoms with Crippen LogP contribution in [0.2, 0.25) is 0 Å². The summed E-state index contributed by atoms with van der Waals surface area (Å²) in [5.41, 5.74) is 1.35. The second kappa shape index (κ2) is 9.40. The summed E-state index contributed by atoms with van der Waals surface area (Å²) in [7, 11) is 3.95. The van der Waals surface area contributed by atoms with Gasteiger partial charge in [-0.05, 0) is 32.4 Å². The number of rotatable bonds is 7. The predicted molar refractivity (Wildman–Crippen MR) is 92.0 cm³/mol. The van der Waals surface area contributed by atoms with Crippen molar-refractivity contribution >= 4 is 5.96 Å². The van der Waals surface area contributed by atoms with Gasteiger partial charge in [-0.1, -0.05) is 37.3 Å². The average molecular weight is 290 g/mol. The van der Waals surface area contributed by atoms with Gasteiger partial charge in [-0.25, -0.2) is 0 Å². The molecule has 0 spiro atoms. The first kappa shape index (κ1) is 17.5. The number of guanidine groups is 1. The van der Waals surface area contributed by atoms with E-state index in [0.29, 0.717) is 12.0 Å². The van der Waals surface area contributed by atoms with Crippen molar-refractivity contribution in [3.8, 4) is 0 Å². The van der Waals surface area contributed by atoms with Crippen molar-refractivity contribution in [1.29, 1.82) is 0 Å². The molecule has 0 aliphatic heterocycles. The van der Waals surface area contributed by atoms with Crippen molar-refractivity contribution in [2.24, 2.45) is 4.99 Å². The Kier molecular flexibility index (Phi) is 7.83. The van der Waals surface area contributed by atoms with Gasteiger partial charge in [-0.15, -0.1) is 0 Å². The maximum atomic E-state index is 4.27. The van der Waals surface area contributed by atoms with E-state index in [9.17, 15) is 0 Å². The molecule has 0 aromatic heterocycles. The van der Waals surface area contributed by atoms with Gasteiger partial charge in [0, 0.05) is 32.7 Å². The molecular weight excluding hydrogens is 260 g/mol. The van der Waals surface area contributed by atoms with E-state index in [1.807, 2.05) is 7.05 Å². The van der Waals surface area contributed by atoms with E-state index < -0.39 is 0 Å². The molecule has 1 unspecified atom stereocenters. The van der Waals surface area contributed by atoms with Crippen molar-refractivity contribution in [3.05, 3.63) is 35.9 Å². The Morgan fingerprint density at radius 1 is 1.14 bits per heavy atom. The number of likely N-dealkylation sites (N-methyl/N-ethyl adjacent to an activating group) is 1. The minimum atomic E-state index is 0.461. The van der Waals surface area contributed by atoms with Crippen molar-refractivity contribution in [1.82, 2.24) is 15.5 Å². The normalized spacial score (nSPS) is 13.6. The third-order valence-electron chi connectivity index (χ3n) is 3.81. The van der Waals surface area contributed by atoms with E-state index in [1.165, 1.54) is 5.56 Å². The van der Waals surface area contributed by atoms with Crippen molar-refractivity contribution < 1.29 is 0 Å². The van der Waals surface area contributed by atoms with Crippen molar-refractivity contribution in [2.45, 2.75) is 32.7 Å². The molecule has 1 rings (SSSR count). The third kappa shape index (κ3) is 6.63. The fourth-order valence-electron chi connectivity index (χ4n) is 1.98. The largest absolute Gasteiger partial charge is 0.356 e. The zero-order valence-electron chi connectivity index (χ0n) is 14.1. The highest BCUT2D eigenvalue weighted by atomic mass is 15.2. The Labute approximate surface area is 129 Å². The summed E-state index contributed by atoms with van der Waals surface area (Å²) in [6, 6.07) is 11.1. The van der Waals surface area contributed by atoms with Gasteiger partial charge in [0.15, 0.2) is 5.96 Å².